The second-order valence-electron chi connectivity index (χ2n) is 6.46. The van der Waals surface area contributed by atoms with Crippen LogP contribution in [0.4, 0.5) is 11.4 Å². The number of amides is 2. The predicted molar refractivity (Wildman–Crippen MR) is 117 cm³/mol. The van der Waals surface area contributed by atoms with Crippen molar-refractivity contribution in [2.45, 2.75) is 33.6 Å². The van der Waals surface area contributed by atoms with E-state index in [1.165, 1.54) is 11.3 Å². The highest BCUT2D eigenvalue weighted by molar-refractivity contribution is 7.18. The Morgan fingerprint density at radius 1 is 1.31 bits per heavy atom. The third kappa shape index (κ3) is 4.43. The summed E-state index contributed by atoms with van der Waals surface area (Å²) in [6.45, 7) is 9.50. The Balaban J connectivity index is 1.85. The fourth-order valence-electron chi connectivity index (χ4n) is 2.80. The van der Waals surface area contributed by atoms with Gasteiger partial charge in [-0.3, -0.25) is 14.6 Å². The maximum atomic E-state index is 12.9. The van der Waals surface area contributed by atoms with E-state index in [9.17, 15) is 9.59 Å². The topological polar surface area (TPSA) is 88.4 Å². The van der Waals surface area contributed by atoms with Crippen molar-refractivity contribution in [1.29, 1.82) is 0 Å². The van der Waals surface area contributed by atoms with E-state index in [-0.39, 0.29) is 11.8 Å². The summed E-state index contributed by atoms with van der Waals surface area (Å²) in [6, 6.07) is 1.71. The highest BCUT2D eigenvalue weighted by Gasteiger charge is 2.17. The first-order valence-corrected chi connectivity index (χ1v) is 10.1. The molecule has 7 nitrogen and oxygen atoms in total. The fourth-order valence-corrected chi connectivity index (χ4v) is 3.93. The number of hydrogen-bond donors (Lipinski definition) is 2. The number of thiazole rings is 1. The standard InChI is InChI=1S/C21H23N5O2S/c1-5-8-19(27)24-15-9-17(13(4)22-10-15)25-20(28)16-11-23-26-12-18(29-21(16)26)14(6-2)7-3/h6-7,9-12H,2,5,8H2,1,3-4H3,(H,24,27)(H,25,28)/b14-7+. The van der Waals surface area contributed by atoms with Gasteiger partial charge in [0.15, 0.2) is 0 Å². The van der Waals surface area contributed by atoms with Crippen LogP contribution in [0, 0.1) is 6.92 Å². The molecule has 2 N–H and O–H groups in total. The molecule has 0 fully saturated rings. The molecule has 3 aromatic rings. The number of nitrogens with zero attached hydrogens (tertiary/aromatic N) is 3. The molecule has 0 saturated carbocycles. The molecule has 0 aliphatic carbocycles. The summed E-state index contributed by atoms with van der Waals surface area (Å²) in [6.07, 6.45) is 9.94. The molecular formula is C21H23N5O2S. The van der Waals surface area contributed by atoms with Gasteiger partial charge in [0.05, 0.1) is 39.9 Å². The second-order valence-corrected chi connectivity index (χ2v) is 7.49. The minimum absolute atomic E-state index is 0.0816. The van der Waals surface area contributed by atoms with Gasteiger partial charge in [-0.05, 0) is 31.9 Å². The maximum absolute atomic E-state index is 12.9. The van der Waals surface area contributed by atoms with Crippen molar-refractivity contribution in [3.63, 3.8) is 0 Å². The first-order chi connectivity index (χ1) is 14.0. The van der Waals surface area contributed by atoms with Gasteiger partial charge in [-0.15, -0.1) is 11.3 Å². The molecule has 0 aliphatic heterocycles. The Morgan fingerprint density at radius 3 is 2.79 bits per heavy atom. The molecule has 8 heteroatoms. The molecule has 0 spiro atoms. The van der Waals surface area contributed by atoms with Crippen molar-refractivity contribution >= 4 is 44.9 Å². The van der Waals surface area contributed by atoms with Crippen LogP contribution in [0.1, 0.15) is 47.6 Å². The Bertz CT molecular complexity index is 1110. The molecule has 3 heterocycles. The van der Waals surface area contributed by atoms with Crippen LogP contribution >= 0.6 is 11.3 Å². The van der Waals surface area contributed by atoms with Crippen LogP contribution in [0.25, 0.3) is 10.4 Å². The number of aryl methyl sites for hydroxylation is 1. The van der Waals surface area contributed by atoms with Gasteiger partial charge in [0, 0.05) is 12.6 Å². The molecule has 0 bridgehead atoms. The summed E-state index contributed by atoms with van der Waals surface area (Å²) in [7, 11) is 0. The average molecular weight is 410 g/mol. The molecule has 0 radical (unpaired) electrons. The van der Waals surface area contributed by atoms with Gasteiger partial charge in [-0.25, -0.2) is 4.52 Å². The van der Waals surface area contributed by atoms with Crippen LogP contribution < -0.4 is 10.6 Å². The van der Waals surface area contributed by atoms with E-state index in [0.717, 1.165) is 21.7 Å². The van der Waals surface area contributed by atoms with Crippen molar-refractivity contribution < 1.29 is 9.59 Å². The third-order valence-corrected chi connectivity index (χ3v) is 5.51. The van der Waals surface area contributed by atoms with Crippen molar-refractivity contribution in [3.05, 3.63) is 59.5 Å². The number of fused-ring (bicyclic) bond motifs is 1. The lowest BCUT2D eigenvalue weighted by Crippen LogP contribution is -2.15. The normalized spacial score (nSPS) is 11.5. The molecule has 0 aliphatic rings. The van der Waals surface area contributed by atoms with Gasteiger partial charge in [0.1, 0.15) is 4.83 Å². The van der Waals surface area contributed by atoms with Crippen molar-refractivity contribution in [3.8, 4) is 0 Å². The van der Waals surface area contributed by atoms with Gasteiger partial charge < -0.3 is 10.6 Å². The molecule has 0 unspecified atom stereocenters. The van der Waals surface area contributed by atoms with E-state index in [1.807, 2.05) is 26.1 Å². The second kappa shape index (κ2) is 8.83. The summed E-state index contributed by atoms with van der Waals surface area (Å²) in [5.74, 6) is -0.363. The monoisotopic (exact) mass is 409 g/mol. The number of nitrogens with one attached hydrogen (secondary N) is 2. The summed E-state index contributed by atoms with van der Waals surface area (Å²) >= 11 is 1.48. The first-order valence-electron chi connectivity index (χ1n) is 9.31. The van der Waals surface area contributed by atoms with Gasteiger partial charge in [0.2, 0.25) is 5.91 Å². The number of carbonyl (C=O) groups excluding carboxylic acids is 2. The molecule has 3 aromatic heterocycles. The van der Waals surface area contributed by atoms with E-state index in [1.54, 1.807) is 36.0 Å². The lowest BCUT2D eigenvalue weighted by molar-refractivity contribution is -0.116. The smallest absolute Gasteiger partial charge is 0.260 e. The van der Waals surface area contributed by atoms with Crippen LogP contribution in [0.5, 0.6) is 0 Å². The zero-order valence-electron chi connectivity index (χ0n) is 16.7. The molecule has 3 rings (SSSR count). The third-order valence-electron chi connectivity index (χ3n) is 4.35. The van der Waals surface area contributed by atoms with Gasteiger partial charge in [-0.2, -0.15) is 5.10 Å². The first kappa shape index (κ1) is 20.5. The lowest BCUT2D eigenvalue weighted by Gasteiger charge is -2.10. The molecule has 0 aromatic carbocycles. The number of anilines is 2. The van der Waals surface area contributed by atoms with E-state index in [0.29, 0.717) is 29.1 Å². The quantitative estimate of drug-likeness (QED) is 0.555. The minimum Gasteiger partial charge on any atom is -0.325 e. The zero-order valence-corrected chi connectivity index (χ0v) is 17.5. The van der Waals surface area contributed by atoms with E-state index >= 15 is 0 Å². The Hall–Kier alpha value is -3.26. The van der Waals surface area contributed by atoms with Crippen LogP contribution in [0.3, 0.4) is 0 Å². The molecular weight excluding hydrogens is 386 g/mol. The summed E-state index contributed by atoms with van der Waals surface area (Å²) in [4.78, 5) is 30.7. The molecule has 29 heavy (non-hydrogen) atoms. The number of aromatic nitrogens is 3. The summed E-state index contributed by atoms with van der Waals surface area (Å²) in [5, 5.41) is 9.96. The van der Waals surface area contributed by atoms with E-state index in [2.05, 4.69) is 27.3 Å². The molecule has 0 atom stereocenters. The number of hydrogen-bond acceptors (Lipinski definition) is 5. The fraction of sp³-hybridized carbons (Fsp3) is 0.238. The van der Waals surface area contributed by atoms with Crippen LogP contribution in [0.15, 0.2) is 43.4 Å². The van der Waals surface area contributed by atoms with Gasteiger partial charge in [0.25, 0.3) is 5.91 Å². The van der Waals surface area contributed by atoms with Crippen molar-refractivity contribution in [2.24, 2.45) is 0 Å². The number of pyridine rings is 1. The van der Waals surface area contributed by atoms with Crippen molar-refractivity contribution in [1.82, 2.24) is 14.6 Å². The highest BCUT2D eigenvalue weighted by Crippen LogP contribution is 2.28. The van der Waals surface area contributed by atoms with Gasteiger partial charge in [-0.1, -0.05) is 25.7 Å². The Labute approximate surface area is 173 Å². The van der Waals surface area contributed by atoms with Gasteiger partial charge >= 0.3 is 0 Å². The van der Waals surface area contributed by atoms with E-state index in [4.69, 9.17) is 0 Å². The Kier molecular flexibility index (Phi) is 6.23. The molecule has 150 valence electrons. The maximum Gasteiger partial charge on any atom is 0.260 e. The van der Waals surface area contributed by atoms with E-state index < -0.39 is 0 Å². The summed E-state index contributed by atoms with van der Waals surface area (Å²) in [5.41, 5.74) is 3.21. The highest BCUT2D eigenvalue weighted by atomic mass is 32.1. The van der Waals surface area contributed by atoms with Crippen LogP contribution in [-0.4, -0.2) is 26.4 Å². The van der Waals surface area contributed by atoms with Crippen molar-refractivity contribution in [2.75, 3.05) is 10.6 Å². The number of rotatable bonds is 7. The number of carbonyl (C=O) groups is 2. The SMILES string of the molecule is C=C/C(=C\C)c1cn2ncc(C(=O)Nc3cc(NC(=O)CCC)cnc3C)c2s1. The van der Waals surface area contributed by atoms with Crippen LogP contribution in [-0.2, 0) is 4.79 Å². The summed E-state index contributed by atoms with van der Waals surface area (Å²) < 4.78 is 1.69. The zero-order chi connectivity index (χ0) is 21.0. The Morgan fingerprint density at radius 2 is 2.10 bits per heavy atom. The van der Waals surface area contributed by atoms with Crippen LogP contribution in [0.2, 0.25) is 0 Å². The largest absolute Gasteiger partial charge is 0.325 e. The number of allylic oxidation sites excluding steroid dienone is 3. The molecule has 0 saturated heterocycles. The molecule has 2 amide bonds. The lowest BCUT2D eigenvalue weighted by atomic mass is 10.2. The average Bonchev–Trinajstić information content (AvgIpc) is 3.26. The predicted octanol–water partition coefficient (Wildman–Crippen LogP) is 4.68. The minimum atomic E-state index is -0.282.